The van der Waals surface area contributed by atoms with Crippen molar-refractivity contribution in [2.75, 3.05) is 12.9 Å². The zero-order valence-corrected chi connectivity index (χ0v) is 24.6. The Morgan fingerprint density at radius 2 is 1.93 bits per heavy atom. The molecule has 5 rings (SSSR count). The molecule has 1 unspecified atom stereocenters. The Bertz CT molecular complexity index is 1900. The number of nitrogens with zero attached hydrogens (tertiary/aromatic N) is 4. The molecule has 2 aliphatic rings. The number of halogens is 5. The van der Waals surface area contributed by atoms with Crippen LogP contribution in [0.15, 0.2) is 75.9 Å². The first kappa shape index (κ1) is 30.5. The molecule has 3 heterocycles. The van der Waals surface area contributed by atoms with Crippen molar-refractivity contribution in [3.8, 4) is 16.9 Å². The van der Waals surface area contributed by atoms with E-state index in [1.165, 1.54) is 29.7 Å². The Morgan fingerprint density at radius 3 is 2.53 bits per heavy atom. The van der Waals surface area contributed by atoms with Crippen molar-refractivity contribution in [1.82, 2.24) is 14.5 Å². The summed E-state index contributed by atoms with van der Waals surface area (Å²) in [5.74, 6) is -0.392. The predicted octanol–water partition coefficient (Wildman–Crippen LogP) is 6.94. The van der Waals surface area contributed by atoms with Gasteiger partial charge < -0.3 is 19.4 Å². The van der Waals surface area contributed by atoms with Crippen LogP contribution >= 0.6 is 11.6 Å². The number of aliphatic hydroxyl groups excluding tert-OH is 1. The Kier molecular flexibility index (Phi) is 7.78. The predicted molar refractivity (Wildman–Crippen MR) is 154 cm³/mol. The summed E-state index contributed by atoms with van der Waals surface area (Å²) >= 11 is 6.17. The first-order valence-corrected chi connectivity index (χ1v) is 15.0. The summed E-state index contributed by atoms with van der Waals surface area (Å²) in [6.45, 7) is 6.04. The topological polar surface area (TPSA) is 112 Å². The summed E-state index contributed by atoms with van der Waals surface area (Å²) in [4.78, 5) is 8.21. The SMILES string of the molecule is C=C1C=C(c2oc(C)nc2-c2cc(C3=CC(F)=C(CO)C(S(C)(=O)=O)C3)ccc2-n2cc(C(F)(F)F)nc2C)C=C(Cl)[N-]1. The highest BCUT2D eigenvalue weighted by Gasteiger charge is 2.35. The normalized spacial score (nSPS) is 17.9. The van der Waals surface area contributed by atoms with E-state index in [-0.39, 0.29) is 51.6 Å². The number of aliphatic hydroxyl groups is 1. The lowest BCUT2D eigenvalue weighted by molar-refractivity contribution is -0.141. The number of sulfone groups is 1. The van der Waals surface area contributed by atoms with Crippen LogP contribution in [0, 0.1) is 13.8 Å². The van der Waals surface area contributed by atoms with Crippen LogP contribution in [0.4, 0.5) is 17.6 Å². The van der Waals surface area contributed by atoms with Gasteiger partial charge in [0.1, 0.15) is 17.3 Å². The molecular formula is C29H24ClF4N4O4S-. The zero-order valence-electron chi connectivity index (χ0n) is 23.0. The van der Waals surface area contributed by atoms with Gasteiger partial charge in [-0.15, -0.1) is 23.9 Å². The van der Waals surface area contributed by atoms with E-state index in [0.29, 0.717) is 22.4 Å². The van der Waals surface area contributed by atoms with Gasteiger partial charge in [-0.25, -0.2) is 22.8 Å². The van der Waals surface area contributed by atoms with E-state index in [0.717, 1.165) is 18.5 Å². The number of imidazole rings is 1. The average molecular weight is 636 g/mol. The number of hydrogen-bond donors (Lipinski definition) is 1. The van der Waals surface area contributed by atoms with Gasteiger partial charge in [0, 0.05) is 36.1 Å². The van der Waals surface area contributed by atoms with Gasteiger partial charge in [-0.2, -0.15) is 13.2 Å². The summed E-state index contributed by atoms with van der Waals surface area (Å²) in [7, 11) is -3.81. The standard InChI is InChI=1S/C29H24ClF4N4O4S/c1-14-7-19(11-26(30)35-14)28-27(37-16(3)42-28)20-8-17(18-9-22(31)21(13-39)24(10-18)43(4,40)41)5-6-23(20)38-12-25(29(32,33)34)36-15(38)2/h5-9,11-12,24,39H,1,10,13H2,2-4H3/q-1. The van der Waals surface area contributed by atoms with E-state index in [2.05, 4.69) is 21.9 Å². The van der Waals surface area contributed by atoms with Gasteiger partial charge in [0.25, 0.3) is 0 Å². The van der Waals surface area contributed by atoms with Crippen molar-refractivity contribution >= 4 is 32.6 Å². The molecule has 0 bridgehead atoms. The smallest absolute Gasteiger partial charge is 0.434 e. The molecule has 1 aliphatic heterocycles. The number of aryl methyl sites for hydroxylation is 2. The monoisotopic (exact) mass is 635 g/mol. The minimum Gasteiger partial charge on any atom is -0.649 e. The number of rotatable bonds is 6. The molecule has 0 radical (unpaired) electrons. The maximum atomic E-state index is 15.1. The van der Waals surface area contributed by atoms with E-state index in [1.807, 2.05) is 0 Å². The van der Waals surface area contributed by atoms with Crippen molar-refractivity contribution in [1.29, 1.82) is 0 Å². The number of alkyl halides is 3. The van der Waals surface area contributed by atoms with Gasteiger partial charge in [-0.3, -0.25) is 0 Å². The van der Waals surface area contributed by atoms with Crippen LogP contribution in [0.5, 0.6) is 0 Å². The molecular weight excluding hydrogens is 612 g/mol. The number of oxazole rings is 1. The third kappa shape index (κ3) is 5.97. The van der Waals surface area contributed by atoms with Crippen molar-refractivity contribution in [3.63, 3.8) is 0 Å². The number of allylic oxidation sites excluding steroid dienone is 6. The number of benzene rings is 1. The van der Waals surface area contributed by atoms with Crippen LogP contribution in [0.2, 0.25) is 0 Å². The molecule has 0 fully saturated rings. The summed E-state index contributed by atoms with van der Waals surface area (Å²) in [5, 5.41) is 12.5. The van der Waals surface area contributed by atoms with E-state index >= 15 is 4.39 Å². The molecule has 1 N–H and O–H groups in total. The maximum absolute atomic E-state index is 15.1. The molecule has 1 aliphatic carbocycles. The van der Waals surface area contributed by atoms with E-state index < -0.39 is 39.4 Å². The molecule has 8 nitrogen and oxygen atoms in total. The van der Waals surface area contributed by atoms with Crippen molar-refractivity contribution < 1.29 is 35.5 Å². The van der Waals surface area contributed by atoms with Crippen molar-refractivity contribution in [2.24, 2.45) is 0 Å². The first-order valence-electron chi connectivity index (χ1n) is 12.7. The lowest BCUT2D eigenvalue weighted by Gasteiger charge is -2.26. The van der Waals surface area contributed by atoms with Gasteiger partial charge in [-0.1, -0.05) is 23.4 Å². The zero-order chi connectivity index (χ0) is 31.4. The van der Waals surface area contributed by atoms with Crippen LogP contribution in [0.1, 0.15) is 35.2 Å². The third-order valence-corrected chi connectivity index (χ3v) is 8.67. The third-order valence-electron chi connectivity index (χ3n) is 6.99. The molecule has 1 atom stereocenters. The molecule has 14 heteroatoms. The fourth-order valence-corrected chi connectivity index (χ4v) is 6.46. The van der Waals surface area contributed by atoms with Gasteiger partial charge in [-0.05, 0) is 42.7 Å². The van der Waals surface area contributed by atoms with Crippen molar-refractivity contribution in [2.45, 2.75) is 31.7 Å². The molecule has 3 aromatic rings. The van der Waals surface area contributed by atoms with Crippen LogP contribution in [0.3, 0.4) is 0 Å². The van der Waals surface area contributed by atoms with Crippen LogP contribution in [-0.2, 0) is 16.0 Å². The molecule has 226 valence electrons. The van der Waals surface area contributed by atoms with Gasteiger partial charge in [0.2, 0.25) is 0 Å². The minimum absolute atomic E-state index is 0.0330. The summed E-state index contributed by atoms with van der Waals surface area (Å²) in [6.07, 6.45) is 1.23. The molecule has 43 heavy (non-hydrogen) atoms. The average Bonchev–Trinajstić information content (AvgIpc) is 3.49. The van der Waals surface area contributed by atoms with Crippen LogP contribution in [0.25, 0.3) is 33.4 Å². The quantitative estimate of drug-likeness (QED) is 0.232. The second-order valence-corrected chi connectivity index (χ2v) is 12.7. The largest absolute Gasteiger partial charge is 0.649 e. The summed E-state index contributed by atoms with van der Waals surface area (Å²) in [5.41, 5.74) is 0.863. The highest BCUT2D eigenvalue weighted by molar-refractivity contribution is 7.91. The summed E-state index contributed by atoms with van der Waals surface area (Å²) < 4.78 is 88.0. The molecule has 0 saturated heterocycles. The Balaban J connectivity index is 1.76. The Morgan fingerprint density at radius 1 is 1.21 bits per heavy atom. The Hall–Kier alpha value is -3.94. The number of hydrogen-bond acceptors (Lipinski definition) is 6. The molecule has 0 amide bonds. The highest BCUT2D eigenvalue weighted by atomic mass is 35.5. The molecule has 2 aromatic heterocycles. The fraction of sp³-hybridized carbons (Fsp3) is 0.241. The lowest BCUT2D eigenvalue weighted by Crippen LogP contribution is -2.27. The Labute approximate surface area is 249 Å². The first-order chi connectivity index (χ1) is 20.1. The fourth-order valence-electron chi connectivity index (χ4n) is 5.05. The second-order valence-electron chi connectivity index (χ2n) is 10.1. The van der Waals surface area contributed by atoms with Crippen LogP contribution in [-0.4, -0.2) is 46.2 Å². The lowest BCUT2D eigenvalue weighted by atomic mass is 9.90. The molecule has 1 aromatic carbocycles. The minimum atomic E-state index is -4.70. The molecule has 0 spiro atoms. The van der Waals surface area contributed by atoms with E-state index in [9.17, 15) is 26.7 Å². The maximum Gasteiger partial charge on any atom is 0.434 e. The van der Waals surface area contributed by atoms with Crippen molar-refractivity contribution in [3.05, 3.63) is 106 Å². The highest BCUT2D eigenvalue weighted by Crippen LogP contribution is 2.42. The van der Waals surface area contributed by atoms with Gasteiger partial charge in [0.15, 0.2) is 27.2 Å². The summed E-state index contributed by atoms with van der Waals surface area (Å²) in [6, 6.07) is 4.62. The van der Waals surface area contributed by atoms with Gasteiger partial charge in [0.05, 0.1) is 17.5 Å². The second kappa shape index (κ2) is 11.0. The molecule has 0 saturated carbocycles. The van der Waals surface area contributed by atoms with E-state index in [4.69, 9.17) is 16.0 Å². The van der Waals surface area contributed by atoms with Crippen LogP contribution < -0.4 is 0 Å². The van der Waals surface area contributed by atoms with Gasteiger partial charge >= 0.3 is 6.18 Å². The number of aromatic nitrogens is 3. The van der Waals surface area contributed by atoms with E-state index in [1.54, 1.807) is 19.1 Å².